The van der Waals surface area contributed by atoms with E-state index >= 15 is 0 Å². The van der Waals surface area contributed by atoms with Gasteiger partial charge in [0.1, 0.15) is 21.0 Å². The van der Waals surface area contributed by atoms with Crippen LogP contribution >= 0.6 is 0 Å². The lowest BCUT2D eigenvalue weighted by molar-refractivity contribution is -0.143. The van der Waals surface area contributed by atoms with Gasteiger partial charge in [0, 0.05) is 19.0 Å². The van der Waals surface area contributed by atoms with Crippen molar-refractivity contribution in [1.82, 2.24) is 10.2 Å². The molecule has 29 heavy (non-hydrogen) atoms. The highest BCUT2D eigenvalue weighted by atomic mass is 16.5. The van der Waals surface area contributed by atoms with E-state index in [-0.39, 0.29) is 44.4 Å². The smallest absolute Gasteiger partial charge is 0.407 e. The number of aliphatic carboxylic acids is 1. The molecule has 0 spiro atoms. The molecule has 1 aliphatic carbocycles. The van der Waals surface area contributed by atoms with E-state index in [1.54, 1.807) is 7.85 Å². The van der Waals surface area contributed by atoms with Gasteiger partial charge in [0.2, 0.25) is 5.91 Å². The Balaban J connectivity index is 1.55. The number of alkyl carbamates (subject to hydrolysis) is 1. The zero-order chi connectivity index (χ0) is 20.8. The molecule has 0 fully saturated rings. The maximum atomic E-state index is 12.1. The average Bonchev–Trinajstić information content (AvgIpc) is 3.04. The number of nitrogens with one attached hydrogen (secondary N) is 1. The highest BCUT2D eigenvalue weighted by Gasteiger charge is 2.29. The van der Waals surface area contributed by atoms with Crippen molar-refractivity contribution in [1.29, 1.82) is 0 Å². The first-order valence-electron chi connectivity index (χ1n) is 9.59. The predicted octanol–water partition coefficient (Wildman–Crippen LogP) is 1.49. The van der Waals surface area contributed by atoms with Gasteiger partial charge in [-0.2, -0.15) is 0 Å². The van der Waals surface area contributed by atoms with Crippen LogP contribution in [0.4, 0.5) is 4.79 Å². The fraction of sp³-hybridized carbons (Fsp3) is 0.286. The van der Waals surface area contributed by atoms with Crippen LogP contribution in [-0.2, 0) is 14.3 Å². The second kappa shape index (κ2) is 9.27. The monoisotopic (exact) mass is 394 g/mol. The third-order valence-electron chi connectivity index (χ3n) is 4.98. The van der Waals surface area contributed by atoms with E-state index < -0.39 is 12.1 Å². The second-order valence-electron chi connectivity index (χ2n) is 6.81. The normalized spacial score (nSPS) is 12.0. The molecule has 0 heterocycles. The third kappa shape index (κ3) is 4.77. The van der Waals surface area contributed by atoms with Gasteiger partial charge in [-0.1, -0.05) is 48.5 Å². The van der Waals surface area contributed by atoms with Gasteiger partial charge in [-0.3, -0.25) is 9.59 Å². The first-order chi connectivity index (χ1) is 14.0. The maximum Gasteiger partial charge on any atom is 0.407 e. The second-order valence-corrected chi connectivity index (χ2v) is 6.81. The Labute approximate surface area is 170 Å². The SMILES string of the molecule is BCC(=O)N(CCNC(=O)OCC1c2ccccc2-c2ccccc21)CC(=O)O. The number of benzene rings is 2. The molecule has 2 N–H and O–H groups in total. The number of carboxylic acids is 1. The van der Waals surface area contributed by atoms with Crippen LogP contribution < -0.4 is 5.32 Å². The molecular weight excluding hydrogens is 371 g/mol. The standard InChI is InChI=1S/C21H23BN2O5/c22-11-19(25)24(12-20(26)27)10-9-23-21(28)29-13-18-16-7-3-1-5-14(16)15-6-2-4-8-17(15)18/h1-8,18H,9-13,22H2,(H,23,28)(H,26,27). The summed E-state index contributed by atoms with van der Waals surface area (Å²) >= 11 is 0. The number of amides is 2. The number of carbonyl (C=O) groups is 3. The van der Waals surface area contributed by atoms with Crippen molar-refractivity contribution in [3.63, 3.8) is 0 Å². The molecule has 0 aliphatic heterocycles. The molecule has 150 valence electrons. The van der Waals surface area contributed by atoms with E-state index in [1.165, 1.54) is 4.90 Å². The molecule has 0 aromatic heterocycles. The minimum Gasteiger partial charge on any atom is -0.480 e. The van der Waals surface area contributed by atoms with Crippen molar-refractivity contribution in [3.8, 4) is 11.1 Å². The molecule has 0 radical (unpaired) electrons. The maximum absolute atomic E-state index is 12.1. The molecule has 3 rings (SSSR count). The summed E-state index contributed by atoms with van der Waals surface area (Å²) in [5, 5.41) is 11.5. The first kappa shape index (κ1) is 20.4. The molecule has 0 atom stereocenters. The van der Waals surface area contributed by atoms with Crippen LogP contribution in [-0.4, -0.2) is 62.1 Å². The van der Waals surface area contributed by atoms with E-state index in [1.807, 2.05) is 36.4 Å². The number of ether oxygens (including phenoxy) is 1. The molecule has 8 heteroatoms. The van der Waals surface area contributed by atoms with Crippen LogP contribution in [0, 0.1) is 0 Å². The van der Waals surface area contributed by atoms with Gasteiger partial charge in [0.15, 0.2) is 0 Å². The number of rotatable bonds is 8. The Morgan fingerprint density at radius 3 is 2.17 bits per heavy atom. The first-order valence-corrected chi connectivity index (χ1v) is 9.59. The Morgan fingerprint density at radius 1 is 1.03 bits per heavy atom. The van der Waals surface area contributed by atoms with Gasteiger partial charge in [-0.15, -0.1) is 0 Å². The molecule has 0 saturated carbocycles. The Bertz CT molecular complexity index is 872. The third-order valence-corrected chi connectivity index (χ3v) is 4.98. The van der Waals surface area contributed by atoms with Gasteiger partial charge < -0.3 is 20.1 Å². The lowest BCUT2D eigenvalue weighted by atomic mass is 9.98. The molecule has 2 aromatic carbocycles. The molecule has 7 nitrogen and oxygen atoms in total. The number of fused-ring (bicyclic) bond motifs is 3. The van der Waals surface area contributed by atoms with Crippen molar-refractivity contribution in [2.75, 3.05) is 26.2 Å². The van der Waals surface area contributed by atoms with Crippen molar-refractivity contribution in [2.45, 2.75) is 12.2 Å². The van der Waals surface area contributed by atoms with Gasteiger partial charge >= 0.3 is 12.1 Å². The molecule has 0 saturated heterocycles. The minimum atomic E-state index is -1.09. The molecule has 2 amide bonds. The fourth-order valence-corrected chi connectivity index (χ4v) is 3.62. The van der Waals surface area contributed by atoms with E-state index in [9.17, 15) is 14.4 Å². The zero-order valence-corrected chi connectivity index (χ0v) is 16.3. The minimum absolute atomic E-state index is 0.0293. The summed E-state index contributed by atoms with van der Waals surface area (Å²) in [6, 6.07) is 16.1. The summed E-state index contributed by atoms with van der Waals surface area (Å²) in [5.74, 6) is -1.40. The zero-order valence-electron chi connectivity index (χ0n) is 16.3. The van der Waals surface area contributed by atoms with Crippen LogP contribution in [0.25, 0.3) is 11.1 Å². The van der Waals surface area contributed by atoms with Crippen molar-refractivity contribution in [3.05, 3.63) is 59.7 Å². The van der Waals surface area contributed by atoms with Crippen LogP contribution in [0.15, 0.2) is 48.5 Å². The van der Waals surface area contributed by atoms with Crippen LogP contribution in [0.1, 0.15) is 17.0 Å². The fourth-order valence-electron chi connectivity index (χ4n) is 3.62. The summed E-state index contributed by atoms with van der Waals surface area (Å²) in [6.07, 6.45) is -0.385. The Morgan fingerprint density at radius 2 is 1.62 bits per heavy atom. The summed E-state index contributed by atoms with van der Waals surface area (Å²) < 4.78 is 5.42. The quantitative estimate of drug-likeness (QED) is 0.662. The highest BCUT2D eigenvalue weighted by molar-refractivity contribution is 6.19. The summed E-state index contributed by atoms with van der Waals surface area (Å²) in [7, 11) is 1.66. The number of hydrogen-bond acceptors (Lipinski definition) is 4. The highest BCUT2D eigenvalue weighted by Crippen LogP contribution is 2.44. The average molecular weight is 394 g/mol. The van der Waals surface area contributed by atoms with E-state index in [2.05, 4.69) is 17.4 Å². The van der Waals surface area contributed by atoms with E-state index in [4.69, 9.17) is 9.84 Å². The topological polar surface area (TPSA) is 95.9 Å². The largest absolute Gasteiger partial charge is 0.480 e. The molecule has 0 bridgehead atoms. The Hall–Kier alpha value is -3.29. The van der Waals surface area contributed by atoms with Gasteiger partial charge in [0.05, 0.1) is 0 Å². The molecular formula is C21H23BN2O5. The molecule has 1 aliphatic rings. The van der Waals surface area contributed by atoms with Crippen LogP contribution in [0.3, 0.4) is 0 Å². The Kier molecular flexibility index (Phi) is 6.54. The molecule has 2 aromatic rings. The van der Waals surface area contributed by atoms with E-state index in [0.717, 1.165) is 22.3 Å². The number of carbonyl (C=O) groups excluding carboxylic acids is 2. The number of carboxylic acid groups (broad SMARTS) is 1. The van der Waals surface area contributed by atoms with Crippen molar-refractivity contribution < 1.29 is 24.2 Å². The summed E-state index contributed by atoms with van der Waals surface area (Å²) in [4.78, 5) is 36.0. The summed E-state index contributed by atoms with van der Waals surface area (Å²) in [5.41, 5.74) is 4.56. The number of nitrogens with zero attached hydrogens (tertiary/aromatic N) is 1. The lowest BCUT2D eigenvalue weighted by Crippen LogP contribution is -2.41. The van der Waals surface area contributed by atoms with Crippen LogP contribution in [0.2, 0.25) is 6.32 Å². The van der Waals surface area contributed by atoms with Crippen molar-refractivity contribution in [2.24, 2.45) is 0 Å². The van der Waals surface area contributed by atoms with Crippen LogP contribution in [0.5, 0.6) is 0 Å². The number of hydrogen-bond donors (Lipinski definition) is 2. The summed E-state index contributed by atoms with van der Waals surface area (Å²) in [6.45, 7) is 0.0461. The van der Waals surface area contributed by atoms with Gasteiger partial charge in [0.25, 0.3) is 0 Å². The van der Waals surface area contributed by atoms with Gasteiger partial charge in [-0.05, 0) is 28.6 Å². The molecule has 0 unspecified atom stereocenters. The predicted molar refractivity (Wildman–Crippen MR) is 111 cm³/mol. The lowest BCUT2D eigenvalue weighted by Gasteiger charge is -2.20. The van der Waals surface area contributed by atoms with Crippen molar-refractivity contribution >= 4 is 25.8 Å². The van der Waals surface area contributed by atoms with E-state index in [0.29, 0.717) is 0 Å². The van der Waals surface area contributed by atoms with Gasteiger partial charge in [-0.25, -0.2) is 4.79 Å².